The molecule has 28 heavy (non-hydrogen) atoms. The second-order valence-corrected chi connectivity index (χ2v) is 7.79. The summed E-state index contributed by atoms with van der Waals surface area (Å²) in [6.07, 6.45) is 0.800. The molecule has 0 radical (unpaired) electrons. The van der Waals surface area contributed by atoms with Gasteiger partial charge in [0.15, 0.2) is 0 Å². The van der Waals surface area contributed by atoms with Crippen LogP contribution in [0, 0.1) is 5.92 Å². The van der Waals surface area contributed by atoms with Gasteiger partial charge in [0, 0.05) is 30.3 Å². The van der Waals surface area contributed by atoms with Crippen molar-refractivity contribution in [3.63, 3.8) is 0 Å². The number of nitrogens with zero attached hydrogens (tertiary/aromatic N) is 1. The Morgan fingerprint density at radius 2 is 1.82 bits per heavy atom. The van der Waals surface area contributed by atoms with Gasteiger partial charge in [-0.2, -0.15) is 0 Å². The Labute approximate surface area is 165 Å². The molecule has 0 saturated carbocycles. The summed E-state index contributed by atoms with van der Waals surface area (Å²) in [7, 11) is 0. The van der Waals surface area contributed by atoms with Crippen LogP contribution in [0.2, 0.25) is 0 Å². The summed E-state index contributed by atoms with van der Waals surface area (Å²) in [6, 6.07) is 15.8. The van der Waals surface area contributed by atoms with Gasteiger partial charge in [0.2, 0.25) is 11.8 Å². The molecule has 2 aliphatic heterocycles. The predicted octanol–water partition coefficient (Wildman–Crippen LogP) is 2.78. The van der Waals surface area contributed by atoms with Crippen molar-refractivity contribution in [3.8, 4) is 0 Å². The summed E-state index contributed by atoms with van der Waals surface area (Å²) in [6.45, 7) is 5.70. The van der Waals surface area contributed by atoms with Crippen LogP contribution in [0.3, 0.4) is 0 Å². The maximum Gasteiger partial charge on any atom is 0.243 e. The summed E-state index contributed by atoms with van der Waals surface area (Å²) in [5.41, 5.74) is 10.3. The van der Waals surface area contributed by atoms with Crippen molar-refractivity contribution in [2.75, 3.05) is 10.2 Å². The lowest BCUT2D eigenvalue weighted by molar-refractivity contribution is -0.119. The highest BCUT2D eigenvalue weighted by Gasteiger charge is 2.38. The van der Waals surface area contributed by atoms with Crippen molar-refractivity contribution in [2.45, 2.75) is 45.3 Å². The van der Waals surface area contributed by atoms with Gasteiger partial charge in [-0.1, -0.05) is 37.3 Å². The van der Waals surface area contributed by atoms with Gasteiger partial charge in [-0.25, -0.2) is 10.9 Å². The van der Waals surface area contributed by atoms with Gasteiger partial charge >= 0.3 is 0 Å². The van der Waals surface area contributed by atoms with Gasteiger partial charge in [0.1, 0.15) is 6.04 Å². The zero-order chi connectivity index (χ0) is 19.8. The third kappa shape index (κ3) is 3.30. The van der Waals surface area contributed by atoms with Crippen molar-refractivity contribution in [2.24, 2.45) is 5.92 Å². The van der Waals surface area contributed by atoms with Gasteiger partial charge in [-0.15, -0.1) is 0 Å². The fourth-order valence-electron chi connectivity index (χ4n) is 4.40. The maximum absolute atomic E-state index is 12.9. The lowest BCUT2D eigenvalue weighted by Crippen LogP contribution is -2.41. The number of rotatable bonds is 3. The van der Waals surface area contributed by atoms with E-state index in [-0.39, 0.29) is 35.9 Å². The first-order chi connectivity index (χ1) is 13.5. The molecule has 0 aliphatic carbocycles. The number of fused-ring (bicyclic) bond motifs is 1. The predicted molar refractivity (Wildman–Crippen MR) is 110 cm³/mol. The molecule has 0 spiro atoms. The summed E-state index contributed by atoms with van der Waals surface area (Å²) >= 11 is 0. The molecule has 1 saturated heterocycles. The van der Waals surface area contributed by atoms with E-state index in [1.807, 2.05) is 48.2 Å². The molecule has 4 atom stereocenters. The molecule has 146 valence electrons. The first kappa shape index (κ1) is 18.7. The molecule has 2 amide bonds. The van der Waals surface area contributed by atoms with Gasteiger partial charge in [0.25, 0.3) is 0 Å². The van der Waals surface area contributed by atoms with Gasteiger partial charge in [-0.3, -0.25) is 9.59 Å². The maximum atomic E-state index is 12.9. The zero-order valence-corrected chi connectivity index (χ0v) is 16.4. The van der Waals surface area contributed by atoms with E-state index >= 15 is 0 Å². The van der Waals surface area contributed by atoms with Crippen LogP contribution in [0.1, 0.15) is 37.9 Å². The molecule has 6 nitrogen and oxygen atoms in total. The minimum Gasteiger partial charge on any atom is -0.325 e. The Kier molecular flexibility index (Phi) is 4.91. The molecule has 3 N–H and O–H groups in total. The van der Waals surface area contributed by atoms with Gasteiger partial charge < -0.3 is 10.2 Å². The average molecular weight is 378 g/mol. The molecule has 2 aromatic carbocycles. The molecular weight excluding hydrogens is 352 g/mol. The number of benzene rings is 2. The SMILES string of the molecule is CC(=O)N1c2ccc(NC(=O)C3NNC(c4ccccc4)C3C)cc2CC1C. The normalized spacial score (nSPS) is 26.2. The molecule has 4 rings (SSSR count). The Morgan fingerprint density at radius 1 is 1.07 bits per heavy atom. The van der Waals surface area contributed by atoms with Crippen LogP contribution < -0.4 is 21.1 Å². The number of anilines is 2. The van der Waals surface area contributed by atoms with Crippen LogP contribution in [0.15, 0.2) is 48.5 Å². The number of hydrogen-bond donors (Lipinski definition) is 3. The van der Waals surface area contributed by atoms with Crippen LogP contribution >= 0.6 is 0 Å². The van der Waals surface area contributed by atoms with Crippen molar-refractivity contribution in [1.82, 2.24) is 10.9 Å². The van der Waals surface area contributed by atoms with E-state index in [1.54, 1.807) is 6.92 Å². The molecule has 2 heterocycles. The van der Waals surface area contributed by atoms with Crippen molar-refractivity contribution in [3.05, 3.63) is 59.7 Å². The highest BCUT2D eigenvalue weighted by Crippen LogP contribution is 2.34. The Morgan fingerprint density at radius 3 is 2.54 bits per heavy atom. The van der Waals surface area contributed by atoms with Crippen LogP contribution in [0.5, 0.6) is 0 Å². The van der Waals surface area contributed by atoms with E-state index in [4.69, 9.17) is 0 Å². The third-order valence-corrected chi connectivity index (χ3v) is 5.79. The summed E-state index contributed by atoms with van der Waals surface area (Å²) in [5.74, 6) is 0.0861. The van der Waals surface area contributed by atoms with Crippen LogP contribution in [0.4, 0.5) is 11.4 Å². The topological polar surface area (TPSA) is 73.5 Å². The molecular formula is C22H26N4O2. The highest BCUT2D eigenvalue weighted by atomic mass is 16.2. The minimum atomic E-state index is -0.328. The van der Waals surface area contributed by atoms with Crippen molar-refractivity contribution < 1.29 is 9.59 Å². The van der Waals surface area contributed by atoms with E-state index in [1.165, 1.54) is 0 Å². The first-order valence-electron chi connectivity index (χ1n) is 9.75. The fraction of sp³-hybridized carbons (Fsp3) is 0.364. The van der Waals surface area contributed by atoms with Gasteiger partial charge in [0.05, 0.1) is 6.04 Å². The molecule has 4 unspecified atom stereocenters. The van der Waals surface area contributed by atoms with Crippen LogP contribution in [0.25, 0.3) is 0 Å². The summed E-state index contributed by atoms with van der Waals surface area (Å²) < 4.78 is 0. The number of amides is 2. The Hall–Kier alpha value is -2.70. The second kappa shape index (κ2) is 7.37. The lowest BCUT2D eigenvalue weighted by atomic mass is 9.91. The molecule has 1 fully saturated rings. The smallest absolute Gasteiger partial charge is 0.243 e. The largest absolute Gasteiger partial charge is 0.325 e. The monoisotopic (exact) mass is 378 g/mol. The van der Waals surface area contributed by atoms with E-state index in [0.29, 0.717) is 0 Å². The van der Waals surface area contributed by atoms with Crippen LogP contribution in [-0.2, 0) is 16.0 Å². The number of carbonyl (C=O) groups excluding carboxylic acids is 2. The van der Waals surface area contributed by atoms with Crippen molar-refractivity contribution >= 4 is 23.2 Å². The molecule has 0 bridgehead atoms. The first-order valence-corrected chi connectivity index (χ1v) is 9.75. The van der Waals surface area contributed by atoms with E-state index in [2.05, 4.69) is 35.2 Å². The third-order valence-electron chi connectivity index (χ3n) is 5.79. The van der Waals surface area contributed by atoms with E-state index in [0.717, 1.165) is 28.9 Å². The Balaban J connectivity index is 1.46. The average Bonchev–Trinajstić information content (AvgIpc) is 3.21. The summed E-state index contributed by atoms with van der Waals surface area (Å²) in [4.78, 5) is 26.6. The number of hydrogen-bond acceptors (Lipinski definition) is 4. The number of hydrazine groups is 1. The molecule has 6 heteroatoms. The second-order valence-electron chi connectivity index (χ2n) is 7.79. The highest BCUT2D eigenvalue weighted by molar-refractivity contribution is 5.97. The summed E-state index contributed by atoms with van der Waals surface area (Å²) in [5, 5.41) is 3.03. The Bertz CT molecular complexity index is 899. The standard InChI is InChI=1S/C22H26N4O2/c1-13-11-17-12-18(9-10-19(17)26(13)15(3)27)23-22(28)21-14(2)20(24-25-21)16-7-5-4-6-8-16/h4-10,12-14,20-21,24-25H,11H2,1-3H3,(H,23,28). The van der Waals surface area contributed by atoms with Gasteiger partial charge in [-0.05, 0) is 42.7 Å². The number of nitrogens with one attached hydrogen (secondary N) is 3. The van der Waals surface area contributed by atoms with E-state index in [9.17, 15) is 9.59 Å². The zero-order valence-electron chi connectivity index (χ0n) is 16.4. The number of carbonyl (C=O) groups is 2. The molecule has 2 aliphatic rings. The van der Waals surface area contributed by atoms with Crippen molar-refractivity contribution in [1.29, 1.82) is 0 Å². The van der Waals surface area contributed by atoms with Crippen LogP contribution in [-0.4, -0.2) is 23.9 Å². The lowest BCUT2D eigenvalue weighted by Gasteiger charge is -2.21. The van der Waals surface area contributed by atoms with E-state index < -0.39 is 0 Å². The quantitative estimate of drug-likeness (QED) is 0.768. The molecule has 0 aromatic heterocycles. The minimum absolute atomic E-state index is 0.0463. The fourth-order valence-corrected chi connectivity index (χ4v) is 4.40. The molecule has 2 aromatic rings.